The van der Waals surface area contributed by atoms with Gasteiger partial charge in [0.05, 0.1) is 18.8 Å². The lowest BCUT2D eigenvalue weighted by Crippen LogP contribution is -2.47. The van der Waals surface area contributed by atoms with Crippen molar-refractivity contribution in [3.05, 3.63) is 29.8 Å². The van der Waals surface area contributed by atoms with Crippen LogP contribution in [-0.2, 0) is 4.74 Å². The van der Waals surface area contributed by atoms with Gasteiger partial charge >= 0.3 is 0 Å². The minimum Gasteiger partial charge on any atom is -0.497 e. The minimum atomic E-state index is -0.0788. The highest BCUT2D eigenvalue weighted by atomic mass is 16.5. The lowest BCUT2D eigenvalue weighted by molar-refractivity contribution is -0.0962. The van der Waals surface area contributed by atoms with Crippen molar-refractivity contribution < 1.29 is 9.47 Å². The van der Waals surface area contributed by atoms with Gasteiger partial charge in [0.1, 0.15) is 5.75 Å². The van der Waals surface area contributed by atoms with Crippen LogP contribution in [0.4, 0.5) is 0 Å². The van der Waals surface area contributed by atoms with Gasteiger partial charge in [0.15, 0.2) is 0 Å². The maximum absolute atomic E-state index is 6.29. The molecule has 0 bridgehead atoms. The maximum atomic E-state index is 6.29. The van der Waals surface area contributed by atoms with Crippen LogP contribution in [-0.4, -0.2) is 26.4 Å². The standard InChI is InChI=1S/C18H29NO2/c1-5-21-18(12-10-14(2)11-13-18)17(19-3)15-6-8-16(20-4)9-7-15/h6-9,14,17,19H,5,10-13H2,1-4H3. The van der Waals surface area contributed by atoms with Gasteiger partial charge in [-0.25, -0.2) is 0 Å². The predicted molar refractivity (Wildman–Crippen MR) is 86.8 cm³/mol. The van der Waals surface area contributed by atoms with Crippen molar-refractivity contribution in [1.29, 1.82) is 0 Å². The summed E-state index contributed by atoms with van der Waals surface area (Å²) in [4.78, 5) is 0. The molecule has 0 amide bonds. The van der Waals surface area contributed by atoms with Crippen LogP contribution < -0.4 is 10.1 Å². The number of rotatable bonds is 6. The summed E-state index contributed by atoms with van der Waals surface area (Å²) < 4.78 is 11.6. The molecule has 0 aliphatic heterocycles. The number of methoxy groups -OCH3 is 1. The van der Waals surface area contributed by atoms with E-state index in [-0.39, 0.29) is 11.6 Å². The summed E-state index contributed by atoms with van der Waals surface area (Å²) in [5.41, 5.74) is 1.20. The molecular weight excluding hydrogens is 262 g/mol. The Labute approximate surface area is 129 Å². The molecule has 3 heteroatoms. The third-order valence-electron chi connectivity index (χ3n) is 4.82. The Morgan fingerprint density at radius 1 is 1.24 bits per heavy atom. The van der Waals surface area contributed by atoms with Gasteiger partial charge in [-0.3, -0.25) is 0 Å². The van der Waals surface area contributed by atoms with E-state index in [1.165, 1.54) is 18.4 Å². The van der Waals surface area contributed by atoms with Gasteiger partial charge in [-0.2, -0.15) is 0 Å². The molecule has 118 valence electrons. The molecule has 1 saturated carbocycles. The van der Waals surface area contributed by atoms with E-state index in [0.717, 1.165) is 31.1 Å². The molecule has 1 fully saturated rings. The topological polar surface area (TPSA) is 30.5 Å². The van der Waals surface area contributed by atoms with Gasteiger partial charge in [-0.1, -0.05) is 19.1 Å². The summed E-state index contributed by atoms with van der Waals surface area (Å²) in [7, 11) is 3.74. The van der Waals surface area contributed by atoms with Gasteiger partial charge in [-0.15, -0.1) is 0 Å². The Balaban J connectivity index is 2.26. The number of nitrogens with one attached hydrogen (secondary N) is 1. The van der Waals surface area contributed by atoms with Gasteiger partial charge in [0.2, 0.25) is 0 Å². The van der Waals surface area contributed by atoms with Crippen molar-refractivity contribution in [2.75, 3.05) is 20.8 Å². The summed E-state index contributed by atoms with van der Waals surface area (Å²) in [5, 5.41) is 3.50. The lowest BCUT2D eigenvalue weighted by atomic mass is 9.73. The number of likely N-dealkylation sites (N-methyl/N-ethyl adjacent to an activating group) is 1. The monoisotopic (exact) mass is 291 g/mol. The summed E-state index contributed by atoms with van der Waals surface area (Å²) in [6, 6.07) is 8.60. The molecule has 0 aromatic heterocycles. The zero-order chi connectivity index (χ0) is 15.3. The summed E-state index contributed by atoms with van der Waals surface area (Å²) in [6.07, 6.45) is 4.74. The first-order valence-electron chi connectivity index (χ1n) is 8.10. The van der Waals surface area contributed by atoms with E-state index in [9.17, 15) is 0 Å². The molecule has 1 atom stereocenters. The van der Waals surface area contributed by atoms with Crippen LogP contribution in [0.15, 0.2) is 24.3 Å². The van der Waals surface area contributed by atoms with Crippen LogP contribution >= 0.6 is 0 Å². The molecule has 3 nitrogen and oxygen atoms in total. The molecule has 1 unspecified atom stereocenters. The van der Waals surface area contributed by atoms with Crippen molar-refractivity contribution >= 4 is 0 Å². The highest BCUT2D eigenvalue weighted by molar-refractivity contribution is 5.31. The average Bonchev–Trinajstić information content (AvgIpc) is 2.52. The molecule has 0 radical (unpaired) electrons. The predicted octanol–water partition coefficient (Wildman–Crippen LogP) is 3.94. The molecule has 1 aliphatic rings. The van der Waals surface area contributed by atoms with Crippen LogP contribution in [0.3, 0.4) is 0 Å². The van der Waals surface area contributed by atoms with Gasteiger partial charge in [-0.05, 0) is 63.3 Å². The van der Waals surface area contributed by atoms with E-state index in [2.05, 4.69) is 31.3 Å². The fraction of sp³-hybridized carbons (Fsp3) is 0.667. The van der Waals surface area contributed by atoms with Crippen molar-refractivity contribution in [2.24, 2.45) is 5.92 Å². The van der Waals surface area contributed by atoms with Crippen molar-refractivity contribution in [3.8, 4) is 5.75 Å². The summed E-state index contributed by atoms with van der Waals surface area (Å²) >= 11 is 0. The smallest absolute Gasteiger partial charge is 0.118 e. The highest BCUT2D eigenvalue weighted by Crippen LogP contribution is 2.43. The molecular formula is C18H29NO2. The number of hydrogen-bond donors (Lipinski definition) is 1. The van der Waals surface area contributed by atoms with Crippen LogP contribution in [0.25, 0.3) is 0 Å². The zero-order valence-corrected chi connectivity index (χ0v) is 13.8. The molecule has 0 saturated heterocycles. The first-order valence-corrected chi connectivity index (χ1v) is 8.10. The van der Waals surface area contributed by atoms with E-state index in [0.29, 0.717) is 0 Å². The van der Waals surface area contributed by atoms with Crippen LogP contribution in [0.2, 0.25) is 0 Å². The summed E-state index contributed by atoms with van der Waals surface area (Å²) in [5.74, 6) is 1.71. The number of benzene rings is 1. The Bertz CT molecular complexity index is 421. The fourth-order valence-electron chi connectivity index (χ4n) is 3.58. The Kier molecular flexibility index (Phi) is 5.65. The molecule has 1 N–H and O–H groups in total. The van der Waals surface area contributed by atoms with Crippen LogP contribution in [0.1, 0.15) is 51.1 Å². The van der Waals surface area contributed by atoms with E-state index in [1.807, 2.05) is 19.2 Å². The van der Waals surface area contributed by atoms with E-state index < -0.39 is 0 Å². The summed E-state index contributed by atoms with van der Waals surface area (Å²) in [6.45, 7) is 5.21. The van der Waals surface area contributed by atoms with Crippen LogP contribution in [0.5, 0.6) is 5.75 Å². The quantitative estimate of drug-likeness (QED) is 0.861. The molecule has 1 aromatic rings. The molecule has 1 aliphatic carbocycles. The third-order valence-corrected chi connectivity index (χ3v) is 4.82. The number of ether oxygens (including phenoxy) is 2. The van der Waals surface area contributed by atoms with E-state index in [1.54, 1.807) is 7.11 Å². The van der Waals surface area contributed by atoms with Gasteiger partial charge in [0, 0.05) is 6.61 Å². The second-order valence-electron chi connectivity index (χ2n) is 6.18. The SMILES string of the molecule is CCOC1(C(NC)c2ccc(OC)cc2)CCC(C)CC1. The molecule has 2 rings (SSSR count). The van der Waals surface area contributed by atoms with Crippen molar-refractivity contribution in [1.82, 2.24) is 5.32 Å². The Morgan fingerprint density at radius 2 is 1.86 bits per heavy atom. The molecule has 21 heavy (non-hydrogen) atoms. The maximum Gasteiger partial charge on any atom is 0.118 e. The lowest BCUT2D eigenvalue weighted by Gasteiger charge is -2.45. The van der Waals surface area contributed by atoms with Crippen LogP contribution in [0, 0.1) is 5.92 Å². The Hall–Kier alpha value is -1.06. The second kappa shape index (κ2) is 7.28. The van der Waals surface area contributed by atoms with E-state index in [4.69, 9.17) is 9.47 Å². The average molecular weight is 291 g/mol. The first-order chi connectivity index (χ1) is 10.1. The minimum absolute atomic E-state index is 0.0788. The fourth-order valence-corrected chi connectivity index (χ4v) is 3.58. The largest absolute Gasteiger partial charge is 0.497 e. The second-order valence-corrected chi connectivity index (χ2v) is 6.18. The van der Waals surface area contributed by atoms with E-state index >= 15 is 0 Å². The highest BCUT2D eigenvalue weighted by Gasteiger charge is 2.42. The first kappa shape index (κ1) is 16.3. The third kappa shape index (κ3) is 3.58. The normalized spacial score (nSPS) is 27.3. The Morgan fingerprint density at radius 3 is 2.33 bits per heavy atom. The van der Waals surface area contributed by atoms with Gasteiger partial charge < -0.3 is 14.8 Å². The van der Waals surface area contributed by atoms with Gasteiger partial charge in [0.25, 0.3) is 0 Å². The van der Waals surface area contributed by atoms with Crippen molar-refractivity contribution in [2.45, 2.75) is 51.2 Å². The van der Waals surface area contributed by atoms with Crippen molar-refractivity contribution in [3.63, 3.8) is 0 Å². The molecule has 0 heterocycles. The molecule has 0 spiro atoms. The molecule has 1 aromatic carbocycles. The zero-order valence-electron chi connectivity index (χ0n) is 13.8. The number of hydrogen-bond acceptors (Lipinski definition) is 3.